The highest BCUT2D eigenvalue weighted by Crippen LogP contribution is 2.44. The molecule has 0 spiro atoms. The molecule has 0 unspecified atom stereocenters. The van der Waals surface area contributed by atoms with Gasteiger partial charge in [0.15, 0.2) is 0 Å². The van der Waals surface area contributed by atoms with Gasteiger partial charge in [-0.15, -0.1) is 0 Å². The predicted molar refractivity (Wildman–Crippen MR) is 66.6 cm³/mol. The third-order valence-corrected chi connectivity index (χ3v) is 3.28. The number of rotatable bonds is 2. The van der Waals surface area contributed by atoms with Crippen LogP contribution in [-0.2, 0) is 0 Å². The molecule has 2 aromatic carbocycles. The fourth-order valence-corrected chi connectivity index (χ4v) is 2.12. The Hall–Kier alpha value is -1.69. The van der Waals surface area contributed by atoms with Crippen molar-refractivity contribution in [2.45, 2.75) is 25.1 Å². The maximum absolute atomic E-state index is 13.4. The van der Waals surface area contributed by atoms with Crippen molar-refractivity contribution in [3.05, 3.63) is 47.5 Å². The molecule has 0 radical (unpaired) electrons. The Labute approximate surface area is 112 Å². The largest absolute Gasteiger partial charge is 0.455 e. The zero-order chi connectivity index (χ0) is 15.1. The Morgan fingerprint density at radius 3 is 2.00 bits per heavy atom. The molecule has 0 aliphatic rings. The van der Waals surface area contributed by atoms with Crippen molar-refractivity contribution < 1.29 is 22.0 Å². The molecule has 20 heavy (non-hydrogen) atoms. The minimum absolute atomic E-state index is 0.214. The first kappa shape index (κ1) is 14.7. The van der Waals surface area contributed by atoms with Gasteiger partial charge in [0, 0.05) is 0 Å². The van der Waals surface area contributed by atoms with E-state index in [1.54, 1.807) is 25.1 Å². The highest BCUT2D eigenvalue weighted by atomic mass is 19.4. The van der Waals surface area contributed by atoms with Crippen molar-refractivity contribution in [1.29, 1.82) is 0 Å². The molecule has 0 saturated heterocycles. The van der Waals surface area contributed by atoms with E-state index < -0.39 is 18.1 Å². The quantitative estimate of drug-likeness (QED) is 0.817. The molecule has 0 fully saturated rings. The van der Waals surface area contributed by atoms with Gasteiger partial charge >= 0.3 is 12.1 Å². The van der Waals surface area contributed by atoms with Crippen LogP contribution in [0.15, 0.2) is 36.4 Å². The van der Waals surface area contributed by atoms with Gasteiger partial charge in [0.1, 0.15) is 6.04 Å². The minimum Gasteiger partial charge on any atom is -0.319 e. The zero-order valence-corrected chi connectivity index (χ0v) is 10.5. The molecule has 0 heterocycles. The summed E-state index contributed by atoms with van der Waals surface area (Å²) < 4.78 is 64.0. The van der Waals surface area contributed by atoms with Gasteiger partial charge in [-0.25, -0.2) is 0 Å². The van der Waals surface area contributed by atoms with Crippen LogP contribution in [0.4, 0.5) is 22.0 Å². The number of hydrogen-bond donors (Lipinski definition) is 1. The van der Waals surface area contributed by atoms with Gasteiger partial charge in [-0.2, -0.15) is 22.0 Å². The molecular weight excluding hydrogens is 277 g/mol. The van der Waals surface area contributed by atoms with Crippen molar-refractivity contribution >= 4 is 10.8 Å². The number of nitrogens with two attached hydrogens (primary N) is 1. The maximum Gasteiger partial charge on any atom is 0.455 e. The van der Waals surface area contributed by atoms with Gasteiger partial charge in [0.05, 0.1) is 0 Å². The lowest BCUT2D eigenvalue weighted by atomic mass is 9.93. The highest BCUT2D eigenvalue weighted by molar-refractivity contribution is 5.89. The van der Waals surface area contributed by atoms with E-state index in [-0.39, 0.29) is 5.56 Å². The average molecular weight is 289 g/mol. The van der Waals surface area contributed by atoms with Gasteiger partial charge in [-0.05, 0) is 28.8 Å². The summed E-state index contributed by atoms with van der Waals surface area (Å²) >= 11 is 0. The van der Waals surface area contributed by atoms with Crippen molar-refractivity contribution in [1.82, 2.24) is 0 Å². The summed E-state index contributed by atoms with van der Waals surface area (Å²) in [6, 6.07) is 6.69. The van der Waals surface area contributed by atoms with Crippen LogP contribution in [0.5, 0.6) is 0 Å². The summed E-state index contributed by atoms with van der Waals surface area (Å²) in [5, 5.41) is 0.919. The van der Waals surface area contributed by atoms with E-state index >= 15 is 0 Å². The number of aryl methyl sites for hydroxylation is 1. The number of hydrogen-bond acceptors (Lipinski definition) is 1. The van der Waals surface area contributed by atoms with E-state index in [0.717, 1.165) is 5.56 Å². The molecule has 0 bridgehead atoms. The SMILES string of the molecule is Cc1ccc([C@@H](N)C(F)(F)C(F)(F)F)c2ccccc12. The van der Waals surface area contributed by atoms with Crippen LogP contribution in [-0.4, -0.2) is 12.1 Å². The Bertz CT molecular complexity index is 633. The third kappa shape index (κ3) is 2.24. The molecule has 2 rings (SSSR count). The first-order valence-electron chi connectivity index (χ1n) is 5.84. The summed E-state index contributed by atoms with van der Waals surface area (Å²) in [7, 11) is 0. The van der Waals surface area contributed by atoms with Gasteiger partial charge in [0.25, 0.3) is 0 Å². The van der Waals surface area contributed by atoms with Crippen molar-refractivity contribution in [3.8, 4) is 0 Å². The Morgan fingerprint density at radius 2 is 1.45 bits per heavy atom. The lowest BCUT2D eigenvalue weighted by Crippen LogP contribution is -2.45. The molecule has 108 valence electrons. The fraction of sp³-hybridized carbons (Fsp3) is 0.286. The van der Waals surface area contributed by atoms with Gasteiger partial charge in [-0.3, -0.25) is 0 Å². The molecule has 2 N–H and O–H groups in total. The Morgan fingerprint density at radius 1 is 0.900 bits per heavy atom. The van der Waals surface area contributed by atoms with Gasteiger partial charge in [0.2, 0.25) is 0 Å². The molecule has 2 aromatic rings. The van der Waals surface area contributed by atoms with Crippen LogP contribution in [0.1, 0.15) is 17.2 Å². The molecule has 0 saturated carbocycles. The lowest BCUT2D eigenvalue weighted by molar-refractivity contribution is -0.290. The molecular formula is C14H12F5N. The normalized spacial score (nSPS) is 14.6. The smallest absolute Gasteiger partial charge is 0.319 e. The summed E-state index contributed by atoms with van der Waals surface area (Å²) in [6.07, 6.45) is -5.68. The summed E-state index contributed by atoms with van der Waals surface area (Å²) in [6.45, 7) is 1.75. The van der Waals surface area contributed by atoms with Gasteiger partial charge < -0.3 is 5.73 Å². The zero-order valence-electron chi connectivity index (χ0n) is 10.5. The molecule has 6 heteroatoms. The number of alkyl halides is 5. The topological polar surface area (TPSA) is 26.0 Å². The molecule has 0 aliphatic heterocycles. The predicted octanol–water partition coefficient (Wildman–Crippen LogP) is 4.35. The van der Waals surface area contributed by atoms with Crippen molar-refractivity contribution in [2.24, 2.45) is 5.73 Å². The van der Waals surface area contributed by atoms with Crippen LogP contribution < -0.4 is 5.73 Å². The number of benzene rings is 2. The van der Waals surface area contributed by atoms with Crippen LogP contribution >= 0.6 is 0 Å². The summed E-state index contributed by atoms with van der Waals surface area (Å²) in [5.74, 6) is -4.98. The van der Waals surface area contributed by atoms with E-state index in [4.69, 9.17) is 5.73 Å². The monoisotopic (exact) mass is 289 g/mol. The molecule has 0 amide bonds. The highest BCUT2D eigenvalue weighted by Gasteiger charge is 2.61. The Kier molecular flexibility index (Phi) is 3.46. The standard InChI is InChI=1S/C14H12F5N/c1-8-6-7-11(10-5-3-2-4-9(8)10)12(20)13(15,16)14(17,18)19/h2-7,12H,20H2,1H3/t12-/m1/s1. The first-order chi connectivity index (χ1) is 9.16. The second-order valence-electron chi connectivity index (χ2n) is 4.62. The van der Waals surface area contributed by atoms with E-state index in [1.807, 2.05) is 0 Å². The van der Waals surface area contributed by atoms with Crippen molar-refractivity contribution in [3.63, 3.8) is 0 Å². The number of halogens is 5. The van der Waals surface area contributed by atoms with Gasteiger partial charge in [-0.1, -0.05) is 36.4 Å². The summed E-state index contributed by atoms with van der Waals surface area (Å²) in [4.78, 5) is 0. The average Bonchev–Trinajstić information content (AvgIpc) is 2.37. The lowest BCUT2D eigenvalue weighted by Gasteiger charge is -2.27. The second kappa shape index (κ2) is 4.70. The molecule has 0 aromatic heterocycles. The summed E-state index contributed by atoms with van der Waals surface area (Å²) in [5.41, 5.74) is 5.77. The second-order valence-corrected chi connectivity index (χ2v) is 4.62. The molecule has 1 nitrogen and oxygen atoms in total. The van der Waals surface area contributed by atoms with Crippen LogP contribution in [0.25, 0.3) is 10.8 Å². The molecule has 0 aliphatic carbocycles. The third-order valence-electron chi connectivity index (χ3n) is 3.28. The van der Waals surface area contributed by atoms with E-state index in [0.29, 0.717) is 10.8 Å². The van der Waals surface area contributed by atoms with E-state index in [9.17, 15) is 22.0 Å². The van der Waals surface area contributed by atoms with Crippen molar-refractivity contribution in [2.75, 3.05) is 0 Å². The van der Waals surface area contributed by atoms with Crippen LogP contribution in [0, 0.1) is 6.92 Å². The minimum atomic E-state index is -5.68. The first-order valence-corrected chi connectivity index (χ1v) is 5.84. The van der Waals surface area contributed by atoms with E-state index in [2.05, 4.69) is 0 Å². The number of fused-ring (bicyclic) bond motifs is 1. The molecule has 1 atom stereocenters. The Balaban J connectivity index is 2.62. The van der Waals surface area contributed by atoms with Crippen LogP contribution in [0.3, 0.4) is 0 Å². The fourth-order valence-electron chi connectivity index (χ4n) is 2.12. The van der Waals surface area contributed by atoms with E-state index in [1.165, 1.54) is 18.2 Å². The maximum atomic E-state index is 13.4. The van der Waals surface area contributed by atoms with Crippen LogP contribution in [0.2, 0.25) is 0 Å².